The van der Waals surface area contributed by atoms with E-state index in [1.807, 2.05) is 12.1 Å². The number of carbonyl (C=O) groups excluding carboxylic acids is 1. The number of rotatable bonds is 9. The van der Waals surface area contributed by atoms with Crippen molar-refractivity contribution in [1.82, 2.24) is 0 Å². The van der Waals surface area contributed by atoms with Gasteiger partial charge in [0.2, 0.25) is 0 Å². The fraction of sp³-hybridized carbons (Fsp3) is 0.467. The first-order chi connectivity index (χ1) is 9.27. The van der Waals surface area contributed by atoms with Crippen LogP contribution in [0.15, 0.2) is 24.3 Å². The maximum absolute atomic E-state index is 11.6. The first-order valence-electron chi connectivity index (χ1n) is 6.64. The third-order valence-corrected chi connectivity index (χ3v) is 2.62. The molecule has 0 spiro atoms. The van der Waals surface area contributed by atoms with Gasteiger partial charge >= 0.3 is 5.97 Å². The van der Waals surface area contributed by atoms with Crippen molar-refractivity contribution in [2.75, 3.05) is 13.2 Å². The summed E-state index contributed by atoms with van der Waals surface area (Å²) in [6.45, 7) is 6.47. The summed E-state index contributed by atoms with van der Waals surface area (Å²) in [6.07, 6.45) is 3.04. The molecule has 0 bridgehead atoms. The minimum Gasteiger partial charge on any atom is -0.378 e. The van der Waals surface area contributed by atoms with Crippen LogP contribution in [0.2, 0.25) is 0 Å². The average Bonchev–Trinajstić information content (AvgIpc) is 2.46. The molecule has 0 aromatic heterocycles. The Morgan fingerprint density at radius 3 is 2.58 bits per heavy atom. The summed E-state index contributed by atoms with van der Waals surface area (Å²) in [5, 5.41) is 0. The number of aryl methyl sites for hydroxylation is 1. The molecule has 0 aliphatic rings. The Bertz CT molecular complexity index is 359. The molecule has 0 aliphatic carbocycles. The number of carbonyl (C=O) groups is 1. The van der Waals surface area contributed by atoms with Gasteiger partial charge in [0.25, 0.3) is 0 Å². The maximum Gasteiger partial charge on any atom is 0.373 e. The van der Waals surface area contributed by atoms with Crippen molar-refractivity contribution in [1.29, 1.82) is 0 Å². The summed E-state index contributed by atoms with van der Waals surface area (Å²) in [5.41, 5.74) is 1.64. The first kappa shape index (κ1) is 15.7. The molecule has 0 aliphatic heterocycles. The van der Waals surface area contributed by atoms with Crippen molar-refractivity contribution in [2.24, 2.45) is 0 Å². The summed E-state index contributed by atoms with van der Waals surface area (Å²) in [7, 11) is 0. The standard InChI is InChI=1S/C15H21O4/c1-3-5-10-17-11-12-18-19-15(16)14-8-6-13(4-2)7-9-14/h6-9,12H,3-5,10-11H2,1-2H3. The zero-order valence-electron chi connectivity index (χ0n) is 11.6. The van der Waals surface area contributed by atoms with Gasteiger partial charge in [0, 0.05) is 6.61 Å². The molecule has 1 rings (SSSR count). The Hall–Kier alpha value is -1.39. The van der Waals surface area contributed by atoms with Crippen LogP contribution in [0.4, 0.5) is 0 Å². The second-order valence-corrected chi connectivity index (χ2v) is 4.11. The highest BCUT2D eigenvalue weighted by Crippen LogP contribution is 2.07. The van der Waals surface area contributed by atoms with E-state index >= 15 is 0 Å². The molecule has 1 aromatic rings. The molecule has 4 nitrogen and oxygen atoms in total. The lowest BCUT2D eigenvalue weighted by atomic mass is 10.1. The summed E-state index contributed by atoms with van der Waals surface area (Å²) >= 11 is 0. The van der Waals surface area contributed by atoms with E-state index in [4.69, 9.17) is 4.74 Å². The molecule has 4 heteroatoms. The van der Waals surface area contributed by atoms with Crippen LogP contribution in [-0.2, 0) is 20.9 Å². The summed E-state index contributed by atoms with van der Waals surface area (Å²) in [6, 6.07) is 7.24. The van der Waals surface area contributed by atoms with Gasteiger partial charge in [-0.25, -0.2) is 4.79 Å². The van der Waals surface area contributed by atoms with Gasteiger partial charge in [-0.3, -0.25) is 4.89 Å². The molecule has 0 saturated carbocycles. The van der Waals surface area contributed by atoms with Crippen LogP contribution in [0, 0.1) is 6.61 Å². The van der Waals surface area contributed by atoms with Gasteiger partial charge in [-0.15, -0.1) is 0 Å². The molecule has 1 radical (unpaired) electrons. The smallest absolute Gasteiger partial charge is 0.373 e. The van der Waals surface area contributed by atoms with Crippen LogP contribution >= 0.6 is 0 Å². The van der Waals surface area contributed by atoms with Gasteiger partial charge < -0.3 is 4.74 Å². The van der Waals surface area contributed by atoms with Gasteiger partial charge in [0.15, 0.2) is 6.61 Å². The number of unbranched alkanes of at least 4 members (excludes halogenated alkanes) is 1. The lowest BCUT2D eigenvalue weighted by Gasteiger charge is -2.04. The molecule has 0 atom stereocenters. The van der Waals surface area contributed by atoms with Crippen molar-refractivity contribution in [3.8, 4) is 0 Å². The van der Waals surface area contributed by atoms with E-state index in [1.165, 1.54) is 12.2 Å². The van der Waals surface area contributed by atoms with Gasteiger partial charge in [-0.05, 0) is 30.5 Å². The molecule has 1 aromatic carbocycles. The quantitative estimate of drug-likeness (QED) is 0.390. The minimum atomic E-state index is -0.507. The Morgan fingerprint density at radius 1 is 1.21 bits per heavy atom. The molecule has 0 unspecified atom stereocenters. The van der Waals surface area contributed by atoms with Crippen LogP contribution in [0.5, 0.6) is 0 Å². The van der Waals surface area contributed by atoms with Crippen molar-refractivity contribution in [3.63, 3.8) is 0 Å². The molecule has 0 fully saturated rings. The number of ether oxygens (including phenoxy) is 1. The van der Waals surface area contributed by atoms with E-state index in [-0.39, 0.29) is 0 Å². The maximum atomic E-state index is 11.6. The second kappa shape index (κ2) is 9.53. The van der Waals surface area contributed by atoms with E-state index in [0.717, 1.165) is 19.3 Å². The highest BCUT2D eigenvalue weighted by molar-refractivity contribution is 5.88. The normalized spacial score (nSPS) is 10.4. The lowest BCUT2D eigenvalue weighted by molar-refractivity contribution is -0.218. The Kier molecular flexibility index (Phi) is 7.86. The minimum absolute atomic E-state index is 0.308. The topological polar surface area (TPSA) is 44.8 Å². The van der Waals surface area contributed by atoms with Crippen LogP contribution < -0.4 is 0 Å². The first-order valence-corrected chi connectivity index (χ1v) is 6.64. The van der Waals surface area contributed by atoms with Crippen molar-refractivity contribution >= 4 is 5.97 Å². The lowest BCUT2D eigenvalue weighted by Crippen LogP contribution is -2.07. The van der Waals surface area contributed by atoms with Gasteiger partial charge in [0.05, 0.1) is 12.2 Å². The monoisotopic (exact) mass is 265 g/mol. The van der Waals surface area contributed by atoms with Gasteiger partial charge in [0.1, 0.15) is 0 Å². The van der Waals surface area contributed by atoms with E-state index in [2.05, 4.69) is 23.6 Å². The zero-order valence-corrected chi connectivity index (χ0v) is 11.6. The van der Waals surface area contributed by atoms with Crippen molar-refractivity contribution in [2.45, 2.75) is 33.1 Å². The van der Waals surface area contributed by atoms with E-state index in [9.17, 15) is 4.79 Å². The summed E-state index contributed by atoms with van der Waals surface area (Å²) < 4.78 is 5.22. The molecule has 0 N–H and O–H groups in total. The molecular weight excluding hydrogens is 244 g/mol. The molecular formula is C15H21O4. The Labute approximate surface area is 114 Å². The zero-order chi connectivity index (χ0) is 13.9. The largest absolute Gasteiger partial charge is 0.378 e. The Morgan fingerprint density at radius 2 is 1.95 bits per heavy atom. The predicted molar refractivity (Wildman–Crippen MR) is 72.3 cm³/mol. The second-order valence-electron chi connectivity index (χ2n) is 4.11. The molecule has 0 heterocycles. The highest BCUT2D eigenvalue weighted by Gasteiger charge is 2.07. The fourth-order valence-corrected chi connectivity index (χ4v) is 1.41. The number of hydrogen-bond donors (Lipinski definition) is 0. The van der Waals surface area contributed by atoms with E-state index in [0.29, 0.717) is 18.8 Å². The number of benzene rings is 1. The predicted octanol–water partition coefficient (Wildman–Crippen LogP) is 3.32. The van der Waals surface area contributed by atoms with Crippen molar-refractivity contribution < 1.29 is 19.3 Å². The fourth-order valence-electron chi connectivity index (χ4n) is 1.41. The summed E-state index contributed by atoms with van der Waals surface area (Å²) in [5.74, 6) is -0.507. The van der Waals surface area contributed by atoms with Crippen LogP contribution in [0.25, 0.3) is 0 Å². The third kappa shape index (κ3) is 6.36. The Balaban J connectivity index is 2.16. The molecule has 19 heavy (non-hydrogen) atoms. The van der Waals surface area contributed by atoms with Crippen LogP contribution in [-0.4, -0.2) is 19.2 Å². The van der Waals surface area contributed by atoms with Gasteiger partial charge in [-0.1, -0.05) is 32.4 Å². The van der Waals surface area contributed by atoms with E-state index < -0.39 is 5.97 Å². The molecule has 105 valence electrons. The van der Waals surface area contributed by atoms with Crippen LogP contribution in [0.3, 0.4) is 0 Å². The summed E-state index contributed by atoms with van der Waals surface area (Å²) in [4.78, 5) is 20.9. The SMILES string of the molecule is CCCCOC[CH]OOC(=O)c1ccc(CC)cc1. The number of hydrogen-bond acceptors (Lipinski definition) is 4. The molecule has 0 amide bonds. The highest BCUT2D eigenvalue weighted by atomic mass is 17.2. The van der Waals surface area contributed by atoms with E-state index in [1.54, 1.807) is 12.1 Å². The third-order valence-electron chi connectivity index (χ3n) is 2.62. The van der Waals surface area contributed by atoms with Crippen molar-refractivity contribution in [3.05, 3.63) is 42.0 Å². The van der Waals surface area contributed by atoms with Gasteiger partial charge in [-0.2, -0.15) is 4.89 Å². The van der Waals surface area contributed by atoms with Crippen LogP contribution in [0.1, 0.15) is 42.6 Å². The average molecular weight is 265 g/mol. The molecule has 0 saturated heterocycles.